The highest BCUT2D eigenvalue weighted by atomic mass is 19.1. The Kier molecular flexibility index (Phi) is 3.85. The average molecular weight is 127 g/mol. The van der Waals surface area contributed by atoms with Crippen molar-refractivity contribution in [1.29, 1.82) is 0 Å². The highest BCUT2D eigenvalue weighted by molar-refractivity contribution is 6.09. The number of halogens is 1. The fourth-order valence-electron chi connectivity index (χ4n) is 0.435. The van der Waals surface area contributed by atoms with Crippen LogP contribution in [0.4, 0.5) is 4.39 Å². The van der Waals surface area contributed by atoms with Crippen LogP contribution in [0.1, 0.15) is 6.92 Å². The van der Waals surface area contributed by atoms with Crippen LogP contribution < -0.4 is 5.73 Å². The first-order valence-electron chi connectivity index (χ1n) is 3.00. The minimum Gasteiger partial charge on any atom is -0.397 e. The van der Waals surface area contributed by atoms with Crippen molar-refractivity contribution >= 4 is 7.85 Å². The van der Waals surface area contributed by atoms with Gasteiger partial charge >= 0.3 is 0 Å². The molecule has 0 aromatic heterocycles. The zero-order chi connectivity index (χ0) is 7.28. The Labute approximate surface area is 55.8 Å². The van der Waals surface area contributed by atoms with Crippen molar-refractivity contribution in [2.45, 2.75) is 13.2 Å². The summed E-state index contributed by atoms with van der Waals surface area (Å²) in [5.74, 6) is -0.319. The molecular formula is C6H11BFN. The summed E-state index contributed by atoms with van der Waals surface area (Å²) in [5.41, 5.74) is 5.44. The van der Waals surface area contributed by atoms with Crippen LogP contribution >= 0.6 is 0 Å². The largest absolute Gasteiger partial charge is 0.397 e. The van der Waals surface area contributed by atoms with Gasteiger partial charge in [-0.05, 0) is 6.92 Å². The molecule has 0 aliphatic carbocycles. The van der Waals surface area contributed by atoms with Crippen LogP contribution in [0.5, 0.6) is 0 Å². The Hall–Kier alpha value is -0.725. The van der Waals surface area contributed by atoms with E-state index in [1.165, 1.54) is 6.08 Å². The van der Waals surface area contributed by atoms with Gasteiger partial charge in [-0.3, -0.25) is 0 Å². The van der Waals surface area contributed by atoms with E-state index in [4.69, 9.17) is 5.73 Å². The van der Waals surface area contributed by atoms with Gasteiger partial charge in [-0.15, -0.1) is 0 Å². The van der Waals surface area contributed by atoms with Gasteiger partial charge in [0, 0.05) is 0 Å². The van der Waals surface area contributed by atoms with Gasteiger partial charge in [0.15, 0.2) is 0 Å². The van der Waals surface area contributed by atoms with E-state index in [-0.39, 0.29) is 11.5 Å². The molecule has 50 valence electrons. The molecule has 0 radical (unpaired) electrons. The normalized spacial score (nSPS) is 14.0. The van der Waals surface area contributed by atoms with Crippen LogP contribution in [-0.2, 0) is 0 Å². The van der Waals surface area contributed by atoms with Crippen molar-refractivity contribution < 1.29 is 4.39 Å². The number of rotatable bonds is 2. The number of hydrogen-bond donors (Lipinski definition) is 1. The van der Waals surface area contributed by atoms with Crippen molar-refractivity contribution in [2.75, 3.05) is 0 Å². The van der Waals surface area contributed by atoms with Crippen LogP contribution in [0, 0.1) is 0 Å². The smallest absolute Gasteiger partial charge is 0.141 e. The second kappa shape index (κ2) is 4.18. The molecule has 0 saturated carbocycles. The summed E-state index contributed by atoms with van der Waals surface area (Å²) in [7, 11) is 1.86. The maximum Gasteiger partial charge on any atom is 0.141 e. The van der Waals surface area contributed by atoms with E-state index in [9.17, 15) is 4.39 Å². The molecule has 0 saturated heterocycles. The van der Waals surface area contributed by atoms with E-state index < -0.39 is 0 Å². The van der Waals surface area contributed by atoms with E-state index >= 15 is 0 Å². The third kappa shape index (κ3) is 2.96. The molecule has 0 fully saturated rings. The lowest BCUT2D eigenvalue weighted by Gasteiger charge is -1.92. The van der Waals surface area contributed by atoms with Crippen LogP contribution in [-0.4, -0.2) is 7.85 Å². The molecular weight excluding hydrogens is 116 g/mol. The summed E-state index contributed by atoms with van der Waals surface area (Å²) < 4.78 is 12.5. The van der Waals surface area contributed by atoms with E-state index in [1.54, 1.807) is 13.0 Å². The summed E-state index contributed by atoms with van der Waals surface area (Å²) in [6, 6.07) is 0. The van der Waals surface area contributed by atoms with E-state index in [2.05, 4.69) is 0 Å². The molecule has 0 rings (SSSR count). The molecule has 0 bridgehead atoms. The Morgan fingerprint density at radius 1 is 1.78 bits per heavy atom. The SMILES string of the molecule is BC/C=C(F)\C(N)=C/C. The molecule has 0 spiro atoms. The summed E-state index contributed by atoms with van der Waals surface area (Å²) in [4.78, 5) is 0. The Balaban J connectivity index is 4.03. The molecule has 0 aliphatic rings. The monoisotopic (exact) mass is 127 g/mol. The highest BCUT2D eigenvalue weighted by Gasteiger charge is 1.93. The van der Waals surface area contributed by atoms with Crippen molar-refractivity contribution in [1.82, 2.24) is 0 Å². The fourth-order valence-corrected chi connectivity index (χ4v) is 0.435. The highest BCUT2D eigenvalue weighted by Crippen LogP contribution is 2.04. The number of nitrogens with two attached hydrogens (primary N) is 1. The first kappa shape index (κ1) is 8.27. The van der Waals surface area contributed by atoms with Gasteiger partial charge in [-0.1, -0.05) is 18.5 Å². The van der Waals surface area contributed by atoms with E-state index in [0.29, 0.717) is 6.32 Å². The summed E-state index contributed by atoms with van der Waals surface area (Å²) in [6.45, 7) is 1.71. The minimum atomic E-state index is -0.319. The topological polar surface area (TPSA) is 26.0 Å². The molecule has 9 heavy (non-hydrogen) atoms. The zero-order valence-electron chi connectivity index (χ0n) is 5.82. The average Bonchev–Trinajstić information content (AvgIpc) is 1.87. The predicted molar refractivity (Wildman–Crippen MR) is 40.5 cm³/mol. The molecule has 3 heteroatoms. The van der Waals surface area contributed by atoms with Gasteiger partial charge in [0.05, 0.1) is 5.70 Å². The maximum absolute atomic E-state index is 12.5. The maximum atomic E-state index is 12.5. The third-order valence-electron chi connectivity index (χ3n) is 0.970. The van der Waals surface area contributed by atoms with Crippen molar-refractivity contribution in [3.05, 3.63) is 23.7 Å². The lowest BCUT2D eigenvalue weighted by Crippen LogP contribution is -1.96. The summed E-state index contributed by atoms with van der Waals surface area (Å²) in [6.07, 6.45) is 3.68. The molecule has 0 atom stereocenters. The van der Waals surface area contributed by atoms with Crippen molar-refractivity contribution in [3.8, 4) is 0 Å². The van der Waals surface area contributed by atoms with Crippen molar-refractivity contribution in [2.24, 2.45) is 5.73 Å². The predicted octanol–water partition coefficient (Wildman–Crippen LogP) is 0.754. The quantitative estimate of drug-likeness (QED) is 0.430. The van der Waals surface area contributed by atoms with Crippen LogP contribution in [0.25, 0.3) is 0 Å². The van der Waals surface area contributed by atoms with Crippen LogP contribution in [0.15, 0.2) is 23.7 Å². The molecule has 0 unspecified atom stereocenters. The van der Waals surface area contributed by atoms with Crippen LogP contribution in [0.3, 0.4) is 0 Å². The number of allylic oxidation sites excluding steroid dienone is 3. The van der Waals surface area contributed by atoms with E-state index in [1.807, 2.05) is 7.85 Å². The first-order valence-corrected chi connectivity index (χ1v) is 3.00. The Morgan fingerprint density at radius 3 is 2.67 bits per heavy atom. The van der Waals surface area contributed by atoms with Gasteiger partial charge in [0.2, 0.25) is 0 Å². The van der Waals surface area contributed by atoms with Gasteiger partial charge in [0.1, 0.15) is 13.7 Å². The molecule has 1 nitrogen and oxygen atoms in total. The van der Waals surface area contributed by atoms with Gasteiger partial charge in [-0.2, -0.15) is 0 Å². The molecule has 0 aliphatic heterocycles. The molecule has 0 heterocycles. The molecule has 2 N–H and O–H groups in total. The fraction of sp³-hybridized carbons (Fsp3) is 0.333. The molecule has 0 aromatic rings. The minimum absolute atomic E-state index is 0.219. The van der Waals surface area contributed by atoms with Gasteiger partial charge < -0.3 is 5.73 Å². The molecule has 0 amide bonds. The van der Waals surface area contributed by atoms with E-state index in [0.717, 1.165) is 0 Å². The standard InChI is InChI=1S/C6H11BFN/c1-2-6(9)5(8)3-4-7/h2-3H,4,7,9H2,1H3/b5-3+,6-2+. The lowest BCUT2D eigenvalue weighted by molar-refractivity contribution is 0.646. The van der Waals surface area contributed by atoms with Crippen molar-refractivity contribution in [3.63, 3.8) is 0 Å². The zero-order valence-corrected chi connectivity index (χ0v) is 5.82. The summed E-state index contributed by atoms with van der Waals surface area (Å²) in [5, 5.41) is 0. The number of hydrogen-bond acceptors (Lipinski definition) is 1. The Morgan fingerprint density at radius 2 is 2.33 bits per heavy atom. The third-order valence-corrected chi connectivity index (χ3v) is 0.970. The molecule has 0 aromatic carbocycles. The second-order valence-electron chi connectivity index (χ2n) is 1.70. The first-order chi connectivity index (χ1) is 4.22. The Bertz CT molecular complexity index is 140. The van der Waals surface area contributed by atoms with Gasteiger partial charge in [-0.25, -0.2) is 4.39 Å². The lowest BCUT2D eigenvalue weighted by atomic mass is 10.0. The van der Waals surface area contributed by atoms with Gasteiger partial charge in [0.25, 0.3) is 0 Å². The second-order valence-corrected chi connectivity index (χ2v) is 1.70. The van der Waals surface area contributed by atoms with Crippen LogP contribution in [0.2, 0.25) is 6.32 Å². The summed E-state index contributed by atoms with van der Waals surface area (Å²) >= 11 is 0.